The second-order valence-electron chi connectivity index (χ2n) is 6.51. The van der Waals surface area contributed by atoms with Gasteiger partial charge in [-0.1, -0.05) is 23.2 Å². The lowest BCUT2D eigenvalue weighted by Crippen LogP contribution is -2.42. The van der Waals surface area contributed by atoms with E-state index in [1.165, 1.54) is 14.0 Å². The van der Waals surface area contributed by atoms with E-state index in [0.29, 0.717) is 10.0 Å². The number of nitrogens with zero attached hydrogens (tertiary/aromatic N) is 2. The minimum Gasteiger partial charge on any atom is -0.467 e. The van der Waals surface area contributed by atoms with Gasteiger partial charge in [0.1, 0.15) is 6.04 Å². The molecule has 0 aliphatic carbocycles. The first kappa shape index (κ1) is 21.5. The molecule has 3 rings (SSSR count). The van der Waals surface area contributed by atoms with Gasteiger partial charge in [0.2, 0.25) is 0 Å². The number of benzene rings is 1. The zero-order valence-electron chi connectivity index (χ0n) is 16.2. The highest BCUT2D eigenvalue weighted by Crippen LogP contribution is 2.35. The Balaban J connectivity index is 1.98. The molecule has 0 unspecified atom stereocenters. The van der Waals surface area contributed by atoms with Crippen molar-refractivity contribution < 1.29 is 19.1 Å². The molecule has 0 saturated carbocycles. The molecular weight excluding hydrogens is 435 g/mol. The van der Waals surface area contributed by atoms with Crippen LogP contribution in [0.1, 0.15) is 23.9 Å². The van der Waals surface area contributed by atoms with Gasteiger partial charge in [0.05, 0.1) is 22.1 Å². The summed E-state index contributed by atoms with van der Waals surface area (Å²) in [5.41, 5.74) is 3.41. The number of amides is 2. The molecule has 1 aliphatic rings. The highest BCUT2D eigenvalue weighted by molar-refractivity contribution is 8.18. The average molecular weight is 453 g/mol. The van der Waals surface area contributed by atoms with Crippen molar-refractivity contribution in [2.24, 2.45) is 0 Å². The molecule has 0 bridgehead atoms. The lowest BCUT2D eigenvalue weighted by molar-refractivity contribution is -0.148. The molecule has 2 amide bonds. The molecule has 1 fully saturated rings. The summed E-state index contributed by atoms with van der Waals surface area (Å²) in [5, 5.41) is 0.403. The summed E-state index contributed by atoms with van der Waals surface area (Å²) in [6.45, 7) is 5.29. The predicted molar refractivity (Wildman–Crippen MR) is 115 cm³/mol. The Morgan fingerprint density at radius 3 is 2.48 bits per heavy atom. The van der Waals surface area contributed by atoms with Crippen LogP contribution in [0.2, 0.25) is 10.0 Å². The van der Waals surface area contributed by atoms with Crippen LogP contribution in [0.15, 0.2) is 29.2 Å². The lowest BCUT2D eigenvalue weighted by Gasteiger charge is -2.18. The number of hydrogen-bond donors (Lipinski definition) is 0. The van der Waals surface area contributed by atoms with E-state index < -0.39 is 23.2 Å². The maximum Gasteiger partial charge on any atom is 0.328 e. The number of carbonyl (C=O) groups is 3. The van der Waals surface area contributed by atoms with Crippen LogP contribution in [0.5, 0.6) is 0 Å². The van der Waals surface area contributed by atoms with Gasteiger partial charge in [-0.2, -0.15) is 0 Å². The van der Waals surface area contributed by atoms with Crippen LogP contribution in [-0.4, -0.2) is 39.7 Å². The third-order valence-electron chi connectivity index (χ3n) is 4.67. The van der Waals surface area contributed by atoms with Gasteiger partial charge in [0.15, 0.2) is 0 Å². The first-order valence-electron chi connectivity index (χ1n) is 8.65. The van der Waals surface area contributed by atoms with Crippen LogP contribution < -0.4 is 0 Å². The molecule has 1 saturated heterocycles. The van der Waals surface area contributed by atoms with Gasteiger partial charge < -0.3 is 9.30 Å². The predicted octanol–water partition coefficient (Wildman–Crippen LogP) is 5.00. The van der Waals surface area contributed by atoms with E-state index in [0.717, 1.165) is 39.3 Å². The zero-order valence-corrected chi connectivity index (χ0v) is 18.5. The number of aromatic nitrogens is 1. The van der Waals surface area contributed by atoms with E-state index in [-0.39, 0.29) is 4.91 Å². The van der Waals surface area contributed by atoms with E-state index in [2.05, 4.69) is 4.74 Å². The monoisotopic (exact) mass is 452 g/mol. The Labute approximate surface area is 182 Å². The third kappa shape index (κ3) is 3.95. The summed E-state index contributed by atoms with van der Waals surface area (Å²) in [6, 6.07) is 6.26. The fraction of sp³-hybridized carbons (Fsp3) is 0.250. The molecule has 6 nitrogen and oxygen atoms in total. The number of halogens is 2. The molecule has 0 spiro atoms. The quantitative estimate of drug-likeness (QED) is 0.482. The number of carbonyl (C=O) groups excluding carboxylic acids is 3. The topological polar surface area (TPSA) is 68.6 Å². The molecule has 0 radical (unpaired) electrons. The Kier molecular flexibility index (Phi) is 6.12. The molecular formula is C20H18Cl2N2O4S. The first-order valence-corrected chi connectivity index (χ1v) is 10.2. The van der Waals surface area contributed by atoms with Crippen LogP contribution in [-0.2, 0) is 14.3 Å². The van der Waals surface area contributed by atoms with Gasteiger partial charge in [-0.05, 0) is 68.4 Å². The molecule has 9 heteroatoms. The average Bonchev–Trinajstić information content (AvgIpc) is 3.11. The maximum absolute atomic E-state index is 12.7. The largest absolute Gasteiger partial charge is 0.467 e. The zero-order chi connectivity index (χ0) is 21.5. The van der Waals surface area contributed by atoms with E-state index in [9.17, 15) is 14.4 Å². The van der Waals surface area contributed by atoms with Gasteiger partial charge in [-0.3, -0.25) is 14.5 Å². The molecule has 2 heterocycles. The number of thioether (sulfide) groups is 1. The summed E-state index contributed by atoms with van der Waals surface area (Å²) in [6.07, 6.45) is 1.66. The van der Waals surface area contributed by atoms with E-state index in [1.54, 1.807) is 18.2 Å². The highest BCUT2D eigenvalue weighted by Gasteiger charge is 2.41. The van der Waals surface area contributed by atoms with Crippen molar-refractivity contribution in [2.45, 2.75) is 26.8 Å². The number of aryl methyl sites for hydroxylation is 1. The number of esters is 1. The third-order valence-corrected chi connectivity index (χ3v) is 6.29. The second kappa shape index (κ2) is 8.26. The number of methoxy groups -OCH3 is 1. The fourth-order valence-electron chi connectivity index (χ4n) is 3.19. The normalized spacial score (nSPS) is 16.6. The van der Waals surface area contributed by atoms with Gasteiger partial charge in [-0.15, -0.1) is 0 Å². The van der Waals surface area contributed by atoms with Crippen LogP contribution in [0, 0.1) is 13.8 Å². The number of imide groups is 1. The van der Waals surface area contributed by atoms with Gasteiger partial charge in [0, 0.05) is 17.1 Å². The summed E-state index contributed by atoms with van der Waals surface area (Å²) in [7, 11) is 1.21. The van der Waals surface area contributed by atoms with Crippen LogP contribution in [0.25, 0.3) is 11.8 Å². The number of hydrogen-bond acceptors (Lipinski definition) is 5. The van der Waals surface area contributed by atoms with Crippen molar-refractivity contribution in [2.75, 3.05) is 7.11 Å². The van der Waals surface area contributed by atoms with Gasteiger partial charge in [0.25, 0.3) is 11.1 Å². The fourth-order valence-corrected chi connectivity index (χ4v) is 4.38. The van der Waals surface area contributed by atoms with Crippen molar-refractivity contribution in [1.82, 2.24) is 9.47 Å². The Morgan fingerprint density at radius 2 is 1.86 bits per heavy atom. The molecule has 2 aromatic rings. The molecule has 29 heavy (non-hydrogen) atoms. The molecule has 152 valence electrons. The SMILES string of the molecule is COC(=O)[C@@H](C)N1C(=O)S/C(=C\c2cc(C)n(-c3ccc(Cl)c(Cl)c3)c2C)C1=O. The molecule has 1 aliphatic heterocycles. The number of rotatable bonds is 4. The van der Waals surface area contributed by atoms with Crippen molar-refractivity contribution in [3.05, 3.63) is 56.2 Å². The van der Waals surface area contributed by atoms with Crippen molar-refractivity contribution in [3.63, 3.8) is 0 Å². The number of ether oxygens (including phenoxy) is 1. The Hall–Kier alpha value is -2.22. The first-order chi connectivity index (χ1) is 13.6. The molecule has 1 atom stereocenters. The van der Waals surface area contributed by atoms with E-state index in [1.807, 2.05) is 30.5 Å². The maximum atomic E-state index is 12.7. The molecule has 1 aromatic heterocycles. The minimum absolute atomic E-state index is 0.250. The Morgan fingerprint density at radius 1 is 1.17 bits per heavy atom. The van der Waals surface area contributed by atoms with Crippen LogP contribution in [0.3, 0.4) is 0 Å². The van der Waals surface area contributed by atoms with Crippen molar-refractivity contribution >= 4 is 58.2 Å². The van der Waals surface area contributed by atoms with Crippen LogP contribution in [0.4, 0.5) is 4.79 Å². The van der Waals surface area contributed by atoms with Crippen molar-refractivity contribution in [1.29, 1.82) is 0 Å². The van der Waals surface area contributed by atoms with Gasteiger partial charge >= 0.3 is 5.97 Å². The van der Waals surface area contributed by atoms with Gasteiger partial charge in [-0.25, -0.2) is 4.79 Å². The van der Waals surface area contributed by atoms with Crippen LogP contribution >= 0.6 is 35.0 Å². The second-order valence-corrected chi connectivity index (χ2v) is 8.32. The molecule has 0 N–H and O–H groups in total. The molecule has 1 aromatic carbocycles. The lowest BCUT2D eigenvalue weighted by atomic mass is 10.2. The standard InChI is InChI=1S/C20H18Cl2N2O4S/c1-10-7-13(11(2)23(10)14-5-6-15(21)16(22)9-14)8-17-18(25)24(20(27)29-17)12(3)19(26)28-4/h5-9,12H,1-4H3/b17-8-/t12-/m1/s1. The van der Waals surface area contributed by atoms with Crippen molar-refractivity contribution in [3.8, 4) is 5.69 Å². The van der Waals surface area contributed by atoms with E-state index in [4.69, 9.17) is 23.2 Å². The summed E-state index contributed by atoms with van der Waals surface area (Å²) in [5.74, 6) is -1.16. The summed E-state index contributed by atoms with van der Waals surface area (Å²) < 4.78 is 6.62. The Bertz CT molecular complexity index is 1060. The van der Waals surface area contributed by atoms with E-state index >= 15 is 0 Å². The highest BCUT2D eigenvalue weighted by atomic mass is 35.5. The minimum atomic E-state index is -0.984. The summed E-state index contributed by atoms with van der Waals surface area (Å²) in [4.78, 5) is 37.9. The summed E-state index contributed by atoms with van der Waals surface area (Å²) >= 11 is 13.0. The smallest absolute Gasteiger partial charge is 0.328 e.